The average Bonchev–Trinajstić information content (AvgIpc) is 3.41. The zero-order chi connectivity index (χ0) is 21.1. The molecule has 0 bridgehead atoms. The SMILES string of the molecule is C[C@]12CC[C@H](O)C[C@]1(O)CC[C@H]1[C@H]2CC[C@]2(C)[C@H](c3ccc(=O)oc3)[C@@H](O)[C@@H]3O[C@]132. The average molecular weight is 417 g/mol. The van der Waals surface area contributed by atoms with E-state index in [-0.39, 0.29) is 40.0 Å². The van der Waals surface area contributed by atoms with Crippen LogP contribution in [0.3, 0.4) is 0 Å². The van der Waals surface area contributed by atoms with Gasteiger partial charge in [-0.25, -0.2) is 4.79 Å². The standard InChI is InChI=1S/C24H32O6/c1-21-8-5-14(25)11-23(21,28)10-7-16-15(21)6-9-22(2)18(13-3-4-17(26)29-12-13)19(27)20-24(16,22)30-20/h3-4,12,14-16,18-20,25,27-28H,5-11H2,1-2H3/t14-,15+,16-,18+,19+,20-,21+,22+,23+,24+/m0/s1. The number of epoxide rings is 1. The van der Waals surface area contributed by atoms with E-state index in [2.05, 4.69) is 13.8 Å². The summed E-state index contributed by atoms with van der Waals surface area (Å²) in [5, 5.41) is 33.1. The molecule has 4 aliphatic carbocycles. The van der Waals surface area contributed by atoms with Crippen LogP contribution < -0.4 is 5.63 Å². The molecule has 0 radical (unpaired) electrons. The van der Waals surface area contributed by atoms with Gasteiger partial charge in [-0.15, -0.1) is 0 Å². The fourth-order valence-electron chi connectivity index (χ4n) is 8.81. The van der Waals surface area contributed by atoms with Gasteiger partial charge in [0.15, 0.2) is 0 Å². The zero-order valence-corrected chi connectivity index (χ0v) is 17.7. The van der Waals surface area contributed by atoms with E-state index in [1.54, 1.807) is 6.07 Å². The minimum atomic E-state index is -0.819. The van der Waals surface area contributed by atoms with Crippen molar-refractivity contribution in [3.05, 3.63) is 34.4 Å². The summed E-state index contributed by atoms with van der Waals surface area (Å²) in [6.07, 6.45) is 5.74. The Kier molecular flexibility index (Phi) is 3.75. The number of hydrogen-bond acceptors (Lipinski definition) is 6. The minimum Gasteiger partial charge on any atom is -0.431 e. The summed E-state index contributed by atoms with van der Waals surface area (Å²) in [5.41, 5.74) is -1.17. The Morgan fingerprint density at radius 3 is 2.47 bits per heavy atom. The van der Waals surface area contributed by atoms with Crippen LogP contribution in [0.4, 0.5) is 0 Å². The summed E-state index contributed by atoms with van der Waals surface area (Å²) in [7, 11) is 0. The van der Waals surface area contributed by atoms with Crippen LogP contribution >= 0.6 is 0 Å². The smallest absolute Gasteiger partial charge is 0.335 e. The first-order chi connectivity index (χ1) is 14.2. The van der Waals surface area contributed by atoms with E-state index < -0.39 is 17.8 Å². The van der Waals surface area contributed by atoms with E-state index in [1.807, 2.05) is 0 Å². The van der Waals surface area contributed by atoms with Crippen LogP contribution in [0.5, 0.6) is 0 Å². The lowest BCUT2D eigenvalue weighted by Crippen LogP contribution is -2.65. The zero-order valence-electron chi connectivity index (χ0n) is 17.7. The summed E-state index contributed by atoms with van der Waals surface area (Å²) >= 11 is 0. The monoisotopic (exact) mass is 416 g/mol. The van der Waals surface area contributed by atoms with Gasteiger partial charge in [-0.3, -0.25) is 0 Å². The van der Waals surface area contributed by atoms with Gasteiger partial charge in [0.2, 0.25) is 0 Å². The predicted octanol–water partition coefficient (Wildman–Crippen LogP) is 2.34. The number of aliphatic hydroxyl groups excluding tert-OH is 2. The number of fused-ring (bicyclic) bond motifs is 3. The molecular weight excluding hydrogens is 384 g/mol. The largest absolute Gasteiger partial charge is 0.431 e. The maximum absolute atomic E-state index is 11.6. The molecule has 5 fully saturated rings. The molecule has 1 saturated heterocycles. The highest BCUT2D eigenvalue weighted by Crippen LogP contribution is 2.78. The maximum Gasteiger partial charge on any atom is 0.335 e. The van der Waals surface area contributed by atoms with E-state index >= 15 is 0 Å². The predicted molar refractivity (Wildman–Crippen MR) is 108 cm³/mol. The van der Waals surface area contributed by atoms with E-state index in [4.69, 9.17) is 9.15 Å². The number of rotatable bonds is 1. The summed E-state index contributed by atoms with van der Waals surface area (Å²) in [6, 6.07) is 3.22. The van der Waals surface area contributed by atoms with Crippen LogP contribution in [0.1, 0.15) is 70.3 Å². The first kappa shape index (κ1) is 19.5. The quantitative estimate of drug-likeness (QED) is 0.607. The van der Waals surface area contributed by atoms with Crippen LogP contribution in [-0.2, 0) is 4.74 Å². The molecule has 1 aliphatic heterocycles. The maximum atomic E-state index is 11.6. The van der Waals surface area contributed by atoms with E-state index in [0.29, 0.717) is 18.8 Å². The Morgan fingerprint density at radius 1 is 1.00 bits per heavy atom. The second kappa shape index (κ2) is 5.77. The molecular formula is C24H32O6. The highest BCUT2D eigenvalue weighted by atomic mass is 16.6. The van der Waals surface area contributed by atoms with Crippen LogP contribution in [0.25, 0.3) is 0 Å². The topological polar surface area (TPSA) is 103 Å². The molecule has 1 aromatic rings. The Bertz CT molecular complexity index is 923. The minimum absolute atomic E-state index is 0.122. The highest BCUT2D eigenvalue weighted by molar-refractivity contribution is 5.38. The molecule has 6 rings (SSSR count). The number of ether oxygens (including phenoxy) is 1. The molecule has 6 nitrogen and oxygen atoms in total. The lowest BCUT2D eigenvalue weighted by molar-refractivity contribution is -0.224. The Balaban J connectivity index is 1.40. The van der Waals surface area contributed by atoms with Gasteiger partial charge < -0.3 is 24.5 Å². The van der Waals surface area contributed by atoms with Crippen molar-refractivity contribution in [3.8, 4) is 0 Å². The number of aliphatic hydroxyl groups is 3. The molecule has 6 heteroatoms. The van der Waals surface area contributed by atoms with E-state index in [9.17, 15) is 20.1 Å². The molecule has 164 valence electrons. The van der Waals surface area contributed by atoms with Gasteiger partial charge in [0.25, 0.3) is 0 Å². The van der Waals surface area contributed by atoms with Crippen molar-refractivity contribution in [3.63, 3.8) is 0 Å². The molecule has 0 amide bonds. The lowest BCUT2D eigenvalue weighted by Gasteiger charge is -2.63. The van der Waals surface area contributed by atoms with Gasteiger partial charge in [-0.2, -0.15) is 0 Å². The summed E-state index contributed by atoms with van der Waals surface area (Å²) in [4.78, 5) is 11.5. The van der Waals surface area contributed by atoms with Gasteiger partial charge in [0.05, 0.1) is 24.1 Å². The van der Waals surface area contributed by atoms with Gasteiger partial charge >= 0.3 is 5.63 Å². The second-order valence-corrected chi connectivity index (χ2v) is 11.2. The van der Waals surface area contributed by atoms with Gasteiger partial charge in [0.1, 0.15) is 11.7 Å². The van der Waals surface area contributed by atoms with Crippen molar-refractivity contribution in [2.24, 2.45) is 22.7 Å². The molecule has 0 aromatic carbocycles. The normalized spacial score (nSPS) is 56.4. The van der Waals surface area contributed by atoms with Crippen LogP contribution in [-0.4, -0.2) is 44.8 Å². The third-order valence-electron chi connectivity index (χ3n) is 10.3. The molecule has 1 spiro atoms. The van der Waals surface area contributed by atoms with Gasteiger partial charge in [-0.05, 0) is 67.4 Å². The molecule has 0 unspecified atom stereocenters. The van der Waals surface area contributed by atoms with Crippen LogP contribution in [0.15, 0.2) is 27.6 Å². The van der Waals surface area contributed by atoms with Crippen LogP contribution in [0.2, 0.25) is 0 Å². The van der Waals surface area contributed by atoms with Crippen molar-refractivity contribution in [1.29, 1.82) is 0 Å². The van der Waals surface area contributed by atoms with E-state index in [0.717, 1.165) is 37.7 Å². The lowest BCUT2D eigenvalue weighted by atomic mass is 9.42. The third-order valence-corrected chi connectivity index (χ3v) is 10.3. The van der Waals surface area contributed by atoms with E-state index in [1.165, 1.54) is 12.3 Å². The Hall–Kier alpha value is -1.21. The van der Waals surface area contributed by atoms with Crippen molar-refractivity contribution >= 4 is 0 Å². The number of hydrogen-bond donors (Lipinski definition) is 3. The summed E-state index contributed by atoms with van der Waals surface area (Å²) in [5.74, 6) is 0.488. The van der Waals surface area contributed by atoms with Crippen molar-refractivity contribution in [1.82, 2.24) is 0 Å². The van der Waals surface area contributed by atoms with Gasteiger partial charge in [0, 0.05) is 23.8 Å². The molecule has 2 heterocycles. The van der Waals surface area contributed by atoms with Crippen molar-refractivity contribution in [2.45, 2.75) is 94.2 Å². The molecule has 4 saturated carbocycles. The first-order valence-electron chi connectivity index (χ1n) is 11.5. The molecule has 3 N–H and O–H groups in total. The molecule has 1 aromatic heterocycles. The first-order valence-corrected chi connectivity index (χ1v) is 11.5. The second-order valence-electron chi connectivity index (χ2n) is 11.2. The fourth-order valence-corrected chi connectivity index (χ4v) is 8.81. The van der Waals surface area contributed by atoms with Gasteiger partial charge in [-0.1, -0.05) is 13.8 Å². The summed E-state index contributed by atoms with van der Waals surface area (Å²) < 4.78 is 11.6. The molecule has 5 aliphatic rings. The van der Waals surface area contributed by atoms with Crippen LogP contribution in [0, 0.1) is 22.7 Å². The highest BCUT2D eigenvalue weighted by Gasteiger charge is 2.84. The Labute approximate surface area is 176 Å². The fraction of sp³-hybridized carbons (Fsp3) is 0.792. The van der Waals surface area contributed by atoms with Crippen molar-refractivity contribution in [2.75, 3.05) is 0 Å². The van der Waals surface area contributed by atoms with Crippen molar-refractivity contribution < 1.29 is 24.5 Å². The summed E-state index contributed by atoms with van der Waals surface area (Å²) in [6.45, 7) is 4.46. The third kappa shape index (κ3) is 2.07. The molecule has 30 heavy (non-hydrogen) atoms. The molecule has 10 atom stereocenters. The Morgan fingerprint density at radius 2 is 1.73 bits per heavy atom.